The minimum absolute atomic E-state index is 0.148. The van der Waals surface area contributed by atoms with Crippen LogP contribution in [-0.4, -0.2) is 20.2 Å². The van der Waals surface area contributed by atoms with Crippen LogP contribution in [0.15, 0.2) is 23.0 Å². The van der Waals surface area contributed by atoms with Crippen LogP contribution in [-0.2, 0) is 6.42 Å². The zero-order chi connectivity index (χ0) is 9.97. The number of aromatic amines is 2. The second-order valence-electron chi connectivity index (χ2n) is 2.89. The average Bonchev–Trinajstić information content (AvgIpc) is 2.66. The van der Waals surface area contributed by atoms with Gasteiger partial charge in [-0.15, -0.1) is 0 Å². The predicted molar refractivity (Wildman–Crippen MR) is 51.8 cm³/mol. The molecule has 0 bridgehead atoms. The largest absolute Gasteiger partial charge is 0.319 e. The number of rotatable bonds is 2. The number of hydrogen-bond donors (Lipinski definition) is 2. The maximum absolute atomic E-state index is 11.0. The molecule has 0 spiro atoms. The fraction of sp³-hybridized carbons (Fsp3) is 0.222. The van der Waals surface area contributed by atoms with Crippen LogP contribution in [0.1, 0.15) is 12.7 Å². The van der Waals surface area contributed by atoms with Crippen LogP contribution in [0.5, 0.6) is 0 Å². The fourth-order valence-electron chi connectivity index (χ4n) is 1.15. The fourth-order valence-corrected chi connectivity index (χ4v) is 1.15. The molecule has 14 heavy (non-hydrogen) atoms. The predicted octanol–water partition coefficient (Wildman–Crippen LogP) is 0.722. The number of aryl methyl sites for hydroxylation is 1. The minimum Gasteiger partial charge on any atom is -0.319 e. The van der Waals surface area contributed by atoms with Crippen molar-refractivity contribution >= 4 is 0 Å². The summed E-state index contributed by atoms with van der Waals surface area (Å²) in [6, 6.07) is 4.90. The Kier molecular flexibility index (Phi) is 2.14. The second-order valence-corrected chi connectivity index (χ2v) is 2.89. The molecule has 0 saturated heterocycles. The van der Waals surface area contributed by atoms with Crippen LogP contribution in [0.3, 0.4) is 0 Å². The van der Waals surface area contributed by atoms with Crippen molar-refractivity contribution in [2.45, 2.75) is 13.3 Å². The molecule has 0 unspecified atom stereocenters. The second kappa shape index (κ2) is 3.45. The lowest BCUT2D eigenvalue weighted by molar-refractivity contribution is 0.946. The monoisotopic (exact) mass is 190 g/mol. The Bertz CT molecular complexity index is 485. The summed E-state index contributed by atoms with van der Waals surface area (Å²) in [5, 5.41) is 6.78. The molecule has 0 atom stereocenters. The van der Waals surface area contributed by atoms with E-state index in [1.807, 2.05) is 6.92 Å². The van der Waals surface area contributed by atoms with E-state index in [2.05, 4.69) is 20.2 Å². The smallest absolute Gasteiger partial charge is 0.248 e. The summed E-state index contributed by atoms with van der Waals surface area (Å²) in [5.41, 5.74) is 0.485. The Morgan fingerprint density at radius 3 is 2.93 bits per heavy atom. The van der Waals surface area contributed by atoms with Crippen LogP contribution < -0.4 is 5.56 Å². The van der Waals surface area contributed by atoms with E-state index >= 15 is 0 Å². The van der Waals surface area contributed by atoms with Crippen molar-refractivity contribution in [1.82, 2.24) is 20.2 Å². The van der Waals surface area contributed by atoms with Gasteiger partial charge in [-0.1, -0.05) is 13.0 Å². The summed E-state index contributed by atoms with van der Waals surface area (Å²) < 4.78 is 0. The molecule has 0 amide bonds. The first-order valence-electron chi connectivity index (χ1n) is 4.40. The molecule has 2 N–H and O–H groups in total. The molecule has 0 aliphatic heterocycles. The molecule has 2 rings (SSSR count). The Balaban J connectivity index is 2.44. The highest BCUT2D eigenvalue weighted by Crippen LogP contribution is 2.08. The quantitative estimate of drug-likeness (QED) is 0.732. The van der Waals surface area contributed by atoms with Crippen LogP contribution in [0.4, 0.5) is 0 Å². The van der Waals surface area contributed by atoms with Gasteiger partial charge in [0.2, 0.25) is 5.56 Å². The lowest BCUT2D eigenvalue weighted by Crippen LogP contribution is -2.04. The van der Waals surface area contributed by atoms with Crippen molar-refractivity contribution in [3.8, 4) is 11.5 Å². The highest BCUT2D eigenvalue weighted by atomic mass is 16.1. The molecule has 0 aliphatic carbocycles. The SMILES string of the molecule is CCc1nc(-c2cccc(=O)[nH]2)n[nH]1. The Hall–Kier alpha value is -1.91. The van der Waals surface area contributed by atoms with Gasteiger partial charge >= 0.3 is 0 Å². The summed E-state index contributed by atoms with van der Waals surface area (Å²) in [6.45, 7) is 1.98. The van der Waals surface area contributed by atoms with Crippen LogP contribution in [0.25, 0.3) is 11.5 Å². The standard InChI is InChI=1S/C9H10N4O/c1-2-7-11-9(13-12-7)6-4-3-5-8(14)10-6/h3-5H,2H2,1H3,(H,10,14)(H,11,12,13). The molecule has 0 radical (unpaired) electrons. The van der Waals surface area contributed by atoms with Crippen molar-refractivity contribution in [3.63, 3.8) is 0 Å². The third-order valence-corrected chi connectivity index (χ3v) is 1.88. The molecule has 0 aliphatic rings. The van der Waals surface area contributed by atoms with Crippen LogP contribution >= 0.6 is 0 Å². The molecular weight excluding hydrogens is 180 g/mol. The van der Waals surface area contributed by atoms with E-state index in [0.717, 1.165) is 12.2 Å². The Morgan fingerprint density at radius 1 is 1.43 bits per heavy atom. The van der Waals surface area contributed by atoms with Gasteiger partial charge in [-0.05, 0) is 6.07 Å². The Labute approximate surface area is 80.2 Å². The minimum atomic E-state index is -0.148. The topological polar surface area (TPSA) is 74.4 Å². The van der Waals surface area contributed by atoms with Gasteiger partial charge in [-0.25, -0.2) is 4.98 Å². The summed E-state index contributed by atoms with van der Waals surface area (Å²) in [7, 11) is 0. The van der Waals surface area contributed by atoms with Crippen molar-refractivity contribution in [2.75, 3.05) is 0 Å². The number of H-pyrrole nitrogens is 2. The first-order valence-corrected chi connectivity index (χ1v) is 4.40. The van der Waals surface area contributed by atoms with E-state index in [0.29, 0.717) is 11.5 Å². The number of nitrogens with one attached hydrogen (secondary N) is 2. The van der Waals surface area contributed by atoms with E-state index < -0.39 is 0 Å². The number of aromatic nitrogens is 4. The molecule has 2 aromatic rings. The maximum Gasteiger partial charge on any atom is 0.248 e. The molecule has 5 heteroatoms. The molecule has 2 heterocycles. The molecule has 5 nitrogen and oxygen atoms in total. The third-order valence-electron chi connectivity index (χ3n) is 1.88. The molecule has 0 saturated carbocycles. The van der Waals surface area contributed by atoms with Gasteiger partial charge < -0.3 is 4.98 Å². The van der Waals surface area contributed by atoms with Gasteiger partial charge in [0.1, 0.15) is 5.82 Å². The highest BCUT2D eigenvalue weighted by Gasteiger charge is 2.04. The lowest BCUT2D eigenvalue weighted by atomic mass is 10.3. The highest BCUT2D eigenvalue weighted by molar-refractivity contribution is 5.47. The van der Waals surface area contributed by atoms with Gasteiger partial charge in [0.05, 0.1) is 5.69 Å². The van der Waals surface area contributed by atoms with Gasteiger partial charge in [0.25, 0.3) is 0 Å². The normalized spacial score (nSPS) is 10.4. The van der Waals surface area contributed by atoms with E-state index in [4.69, 9.17) is 0 Å². The van der Waals surface area contributed by atoms with Crippen molar-refractivity contribution < 1.29 is 0 Å². The molecule has 72 valence electrons. The van der Waals surface area contributed by atoms with Gasteiger partial charge in [-0.2, -0.15) is 5.10 Å². The van der Waals surface area contributed by atoms with Crippen LogP contribution in [0.2, 0.25) is 0 Å². The molecular formula is C9H10N4O. The average molecular weight is 190 g/mol. The number of nitrogens with zero attached hydrogens (tertiary/aromatic N) is 2. The maximum atomic E-state index is 11.0. The van der Waals surface area contributed by atoms with Crippen LogP contribution in [0, 0.1) is 0 Å². The molecule has 0 fully saturated rings. The summed E-state index contributed by atoms with van der Waals surface area (Å²) in [6.07, 6.45) is 0.796. The third kappa shape index (κ3) is 1.56. The molecule has 2 aromatic heterocycles. The first-order chi connectivity index (χ1) is 6.79. The van der Waals surface area contributed by atoms with Gasteiger partial charge in [0.15, 0.2) is 5.82 Å². The van der Waals surface area contributed by atoms with E-state index in [-0.39, 0.29) is 5.56 Å². The zero-order valence-corrected chi connectivity index (χ0v) is 7.74. The van der Waals surface area contributed by atoms with Crippen molar-refractivity contribution in [3.05, 3.63) is 34.4 Å². The van der Waals surface area contributed by atoms with Gasteiger partial charge in [0, 0.05) is 12.5 Å². The van der Waals surface area contributed by atoms with Crippen molar-refractivity contribution in [1.29, 1.82) is 0 Å². The zero-order valence-electron chi connectivity index (χ0n) is 7.74. The van der Waals surface area contributed by atoms with E-state index in [9.17, 15) is 4.79 Å². The summed E-state index contributed by atoms with van der Waals surface area (Å²) >= 11 is 0. The van der Waals surface area contributed by atoms with E-state index in [1.165, 1.54) is 6.07 Å². The lowest BCUT2D eigenvalue weighted by Gasteiger charge is -1.92. The molecule has 0 aromatic carbocycles. The van der Waals surface area contributed by atoms with Crippen molar-refractivity contribution in [2.24, 2.45) is 0 Å². The van der Waals surface area contributed by atoms with E-state index in [1.54, 1.807) is 12.1 Å². The van der Waals surface area contributed by atoms with Gasteiger partial charge in [-0.3, -0.25) is 9.89 Å². The number of pyridine rings is 1. The summed E-state index contributed by atoms with van der Waals surface area (Å²) in [4.78, 5) is 17.9. The number of hydrogen-bond acceptors (Lipinski definition) is 3. The first kappa shape index (κ1) is 8.68. The Morgan fingerprint density at radius 2 is 2.29 bits per heavy atom. The summed E-state index contributed by atoms with van der Waals surface area (Å²) in [5.74, 6) is 1.34.